The van der Waals surface area contributed by atoms with Crippen molar-refractivity contribution >= 4 is 23.5 Å². The van der Waals surface area contributed by atoms with E-state index in [1.54, 1.807) is 6.21 Å². The average Bonchev–Trinajstić information content (AvgIpc) is 2.72. The Morgan fingerprint density at radius 1 is 0.929 bits per heavy atom. The van der Waals surface area contributed by atoms with Crippen LogP contribution in [0.15, 0.2) is 84.0 Å². The Kier molecular flexibility index (Phi) is 6.96. The number of carbonyl (C=O) groups excluding carboxylic acids is 1. The molecule has 0 aliphatic carbocycles. The number of amides is 1. The Hall–Kier alpha value is -3.40. The maximum Gasteiger partial charge on any atom is 0.240 e. The van der Waals surface area contributed by atoms with Crippen LogP contribution in [-0.2, 0) is 11.2 Å². The number of para-hydroxylation sites is 1. The number of aryl methyl sites for hydroxylation is 2. The monoisotopic (exact) mass is 371 g/mol. The van der Waals surface area contributed by atoms with Crippen molar-refractivity contribution in [2.75, 3.05) is 5.32 Å². The molecule has 3 aromatic carbocycles. The SMILES string of the molecule is Cc1ccccc1Nc1ccc(/C=N/NC(=O)CCCc2ccccc2)cc1. The van der Waals surface area contributed by atoms with Crippen molar-refractivity contribution in [3.8, 4) is 0 Å². The minimum absolute atomic E-state index is 0.0648. The van der Waals surface area contributed by atoms with Crippen LogP contribution in [0, 0.1) is 6.92 Å². The van der Waals surface area contributed by atoms with Gasteiger partial charge in [0.15, 0.2) is 0 Å². The predicted molar refractivity (Wildman–Crippen MR) is 116 cm³/mol. The maximum atomic E-state index is 11.9. The molecule has 0 spiro atoms. The van der Waals surface area contributed by atoms with E-state index in [0.717, 1.165) is 29.8 Å². The van der Waals surface area contributed by atoms with Crippen molar-refractivity contribution in [2.24, 2.45) is 5.10 Å². The van der Waals surface area contributed by atoms with Gasteiger partial charge in [0.05, 0.1) is 6.21 Å². The summed E-state index contributed by atoms with van der Waals surface area (Å²) in [6.07, 6.45) is 3.83. The van der Waals surface area contributed by atoms with E-state index in [1.165, 1.54) is 11.1 Å². The van der Waals surface area contributed by atoms with E-state index in [1.807, 2.05) is 54.6 Å². The number of hydrogen-bond acceptors (Lipinski definition) is 3. The third kappa shape index (κ3) is 6.09. The number of hydrogen-bond donors (Lipinski definition) is 2. The number of anilines is 2. The summed E-state index contributed by atoms with van der Waals surface area (Å²) in [6.45, 7) is 2.08. The van der Waals surface area contributed by atoms with Gasteiger partial charge in [0.1, 0.15) is 0 Å². The van der Waals surface area contributed by atoms with E-state index >= 15 is 0 Å². The summed E-state index contributed by atoms with van der Waals surface area (Å²) in [6, 6.07) is 26.3. The summed E-state index contributed by atoms with van der Waals surface area (Å²) >= 11 is 0. The zero-order chi connectivity index (χ0) is 19.6. The highest BCUT2D eigenvalue weighted by atomic mass is 16.2. The van der Waals surface area contributed by atoms with Gasteiger partial charge in [-0.2, -0.15) is 5.10 Å². The summed E-state index contributed by atoms with van der Waals surface area (Å²) in [5.74, 6) is -0.0648. The fourth-order valence-corrected chi connectivity index (χ4v) is 2.85. The molecule has 3 aromatic rings. The van der Waals surface area contributed by atoms with E-state index in [2.05, 4.69) is 47.0 Å². The highest BCUT2D eigenvalue weighted by Crippen LogP contribution is 2.20. The molecule has 28 heavy (non-hydrogen) atoms. The molecule has 0 atom stereocenters. The highest BCUT2D eigenvalue weighted by Gasteiger charge is 2.01. The van der Waals surface area contributed by atoms with Gasteiger partial charge in [-0.3, -0.25) is 4.79 Å². The molecule has 0 saturated heterocycles. The largest absolute Gasteiger partial charge is 0.355 e. The van der Waals surface area contributed by atoms with Crippen molar-refractivity contribution < 1.29 is 4.79 Å². The van der Waals surface area contributed by atoms with E-state index in [4.69, 9.17) is 0 Å². The summed E-state index contributed by atoms with van der Waals surface area (Å²) in [5.41, 5.74) is 8.07. The van der Waals surface area contributed by atoms with Gasteiger partial charge in [-0.05, 0) is 54.7 Å². The van der Waals surface area contributed by atoms with Gasteiger partial charge in [0.25, 0.3) is 0 Å². The quantitative estimate of drug-likeness (QED) is 0.422. The molecule has 4 heteroatoms. The zero-order valence-corrected chi connectivity index (χ0v) is 16.1. The second kappa shape index (κ2) is 10.1. The molecule has 0 radical (unpaired) electrons. The normalized spacial score (nSPS) is 10.8. The first-order chi connectivity index (χ1) is 13.7. The number of nitrogens with zero attached hydrogens (tertiary/aromatic N) is 1. The first kappa shape index (κ1) is 19.4. The molecular formula is C24H25N3O. The van der Waals surface area contributed by atoms with Crippen LogP contribution in [-0.4, -0.2) is 12.1 Å². The molecule has 0 aliphatic rings. The molecule has 1 amide bonds. The summed E-state index contributed by atoms with van der Waals surface area (Å²) < 4.78 is 0. The van der Waals surface area contributed by atoms with Crippen molar-refractivity contribution in [1.29, 1.82) is 0 Å². The average molecular weight is 371 g/mol. The number of hydrazone groups is 1. The molecule has 4 nitrogen and oxygen atoms in total. The summed E-state index contributed by atoms with van der Waals surface area (Å²) in [4.78, 5) is 11.9. The number of benzene rings is 3. The summed E-state index contributed by atoms with van der Waals surface area (Å²) in [7, 11) is 0. The molecule has 142 valence electrons. The molecule has 2 N–H and O–H groups in total. The van der Waals surface area contributed by atoms with E-state index in [-0.39, 0.29) is 5.91 Å². The van der Waals surface area contributed by atoms with Crippen LogP contribution in [0.25, 0.3) is 0 Å². The van der Waals surface area contributed by atoms with Gasteiger partial charge in [-0.25, -0.2) is 5.43 Å². The molecule has 0 aromatic heterocycles. The Labute approximate surface area is 166 Å². The zero-order valence-electron chi connectivity index (χ0n) is 16.1. The molecule has 0 bridgehead atoms. The fourth-order valence-electron chi connectivity index (χ4n) is 2.85. The molecule has 0 fully saturated rings. The van der Waals surface area contributed by atoms with Crippen LogP contribution in [0.2, 0.25) is 0 Å². The van der Waals surface area contributed by atoms with Crippen LogP contribution < -0.4 is 10.7 Å². The molecule has 0 unspecified atom stereocenters. The van der Waals surface area contributed by atoms with Gasteiger partial charge < -0.3 is 5.32 Å². The Morgan fingerprint density at radius 3 is 2.39 bits per heavy atom. The fraction of sp³-hybridized carbons (Fsp3) is 0.167. The van der Waals surface area contributed by atoms with Gasteiger partial charge in [-0.1, -0.05) is 60.7 Å². The van der Waals surface area contributed by atoms with E-state index < -0.39 is 0 Å². The van der Waals surface area contributed by atoms with Crippen LogP contribution >= 0.6 is 0 Å². The van der Waals surface area contributed by atoms with Gasteiger partial charge >= 0.3 is 0 Å². The van der Waals surface area contributed by atoms with E-state index in [0.29, 0.717) is 6.42 Å². The Morgan fingerprint density at radius 2 is 1.64 bits per heavy atom. The van der Waals surface area contributed by atoms with Crippen molar-refractivity contribution in [2.45, 2.75) is 26.2 Å². The van der Waals surface area contributed by atoms with Crippen LogP contribution in [0.5, 0.6) is 0 Å². The molecule has 0 aliphatic heterocycles. The van der Waals surface area contributed by atoms with Crippen LogP contribution in [0.3, 0.4) is 0 Å². The predicted octanol–water partition coefficient (Wildman–Crippen LogP) is 5.21. The van der Waals surface area contributed by atoms with Crippen molar-refractivity contribution in [1.82, 2.24) is 5.43 Å². The number of rotatable bonds is 8. The second-order valence-corrected chi connectivity index (χ2v) is 6.69. The number of carbonyl (C=O) groups is 1. The van der Waals surface area contributed by atoms with Crippen LogP contribution in [0.4, 0.5) is 11.4 Å². The maximum absolute atomic E-state index is 11.9. The molecule has 3 rings (SSSR count). The highest BCUT2D eigenvalue weighted by molar-refractivity contribution is 5.83. The Bertz CT molecular complexity index is 918. The van der Waals surface area contributed by atoms with Crippen molar-refractivity contribution in [3.05, 3.63) is 95.6 Å². The van der Waals surface area contributed by atoms with E-state index in [9.17, 15) is 4.79 Å². The summed E-state index contributed by atoms with van der Waals surface area (Å²) in [5, 5.41) is 7.45. The van der Waals surface area contributed by atoms with Crippen LogP contribution in [0.1, 0.15) is 29.5 Å². The van der Waals surface area contributed by atoms with Gasteiger partial charge in [-0.15, -0.1) is 0 Å². The minimum atomic E-state index is -0.0648. The third-order valence-electron chi connectivity index (χ3n) is 4.45. The Balaban J connectivity index is 1.42. The lowest BCUT2D eigenvalue weighted by molar-refractivity contribution is -0.121. The first-order valence-electron chi connectivity index (χ1n) is 9.49. The smallest absolute Gasteiger partial charge is 0.240 e. The molecular weight excluding hydrogens is 346 g/mol. The third-order valence-corrected chi connectivity index (χ3v) is 4.45. The lowest BCUT2D eigenvalue weighted by Gasteiger charge is -2.09. The number of nitrogens with one attached hydrogen (secondary N) is 2. The topological polar surface area (TPSA) is 53.5 Å². The van der Waals surface area contributed by atoms with Gasteiger partial charge in [0.2, 0.25) is 5.91 Å². The first-order valence-corrected chi connectivity index (χ1v) is 9.49. The van der Waals surface area contributed by atoms with Gasteiger partial charge in [0, 0.05) is 17.8 Å². The molecule has 0 heterocycles. The lowest BCUT2D eigenvalue weighted by atomic mass is 10.1. The second-order valence-electron chi connectivity index (χ2n) is 6.69. The minimum Gasteiger partial charge on any atom is -0.355 e. The molecule has 0 saturated carbocycles. The standard InChI is InChI=1S/C24H25N3O/c1-19-8-5-6-12-23(19)26-22-16-14-21(15-17-22)18-25-27-24(28)13-7-11-20-9-3-2-4-10-20/h2-6,8-10,12,14-18,26H,7,11,13H2,1H3,(H,27,28)/b25-18+. The van der Waals surface area contributed by atoms with Crippen molar-refractivity contribution in [3.63, 3.8) is 0 Å². The lowest BCUT2D eigenvalue weighted by Crippen LogP contribution is -2.17.